The topological polar surface area (TPSA) is 66.4 Å². The maximum Gasteiger partial charge on any atom is 0.303 e. The number of aliphatic carboxylic acids is 1. The van der Waals surface area contributed by atoms with Gasteiger partial charge in [-0.25, -0.2) is 0 Å². The van der Waals surface area contributed by atoms with Crippen LogP contribution in [0.3, 0.4) is 0 Å². The van der Waals surface area contributed by atoms with Crippen molar-refractivity contribution in [2.45, 2.75) is 32.1 Å². The summed E-state index contributed by atoms with van der Waals surface area (Å²) >= 11 is 0. The number of rotatable bonds is 7. The highest BCUT2D eigenvalue weighted by Crippen LogP contribution is 2.14. The lowest BCUT2D eigenvalue weighted by Crippen LogP contribution is -2.28. The van der Waals surface area contributed by atoms with Gasteiger partial charge in [-0.1, -0.05) is 30.3 Å². The van der Waals surface area contributed by atoms with Crippen LogP contribution in [0.4, 0.5) is 0 Å². The fourth-order valence-electron chi connectivity index (χ4n) is 1.66. The maximum absolute atomic E-state index is 11.8. The number of amides is 1. The van der Waals surface area contributed by atoms with Gasteiger partial charge in [-0.2, -0.15) is 0 Å². The Bertz CT molecular complexity index is 389. The molecule has 1 unspecified atom stereocenters. The molecule has 1 aromatic carbocycles. The Kier molecular flexibility index (Phi) is 5.91. The average Bonchev–Trinajstić information content (AvgIpc) is 2.38. The minimum absolute atomic E-state index is 0.0171. The number of carbonyl (C=O) groups is 2. The number of carboxylic acids is 1. The van der Waals surface area contributed by atoms with Crippen LogP contribution in [0.2, 0.25) is 0 Å². The standard InChI is InChI=1S/C14H19NO3/c1-11(12-7-3-2-4-8-12)14(18)15-10-6-5-9-13(16)17/h2-4,7-8,11H,5-6,9-10H2,1H3,(H,15,18)(H,16,17). The normalized spacial score (nSPS) is 11.8. The van der Waals surface area contributed by atoms with Crippen LogP contribution in [0.5, 0.6) is 0 Å². The van der Waals surface area contributed by atoms with Crippen LogP contribution in [0.1, 0.15) is 37.7 Å². The molecular weight excluding hydrogens is 230 g/mol. The second-order valence-electron chi connectivity index (χ2n) is 4.27. The van der Waals surface area contributed by atoms with E-state index in [9.17, 15) is 9.59 Å². The Morgan fingerprint density at radius 3 is 2.50 bits per heavy atom. The van der Waals surface area contributed by atoms with Gasteiger partial charge in [-0.05, 0) is 25.3 Å². The van der Waals surface area contributed by atoms with Crippen LogP contribution >= 0.6 is 0 Å². The zero-order valence-electron chi connectivity index (χ0n) is 10.6. The van der Waals surface area contributed by atoms with Crippen LogP contribution in [0.15, 0.2) is 30.3 Å². The molecule has 0 spiro atoms. The lowest BCUT2D eigenvalue weighted by atomic mass is 10.0. The lowest BCUT2D eigenvalue weighted by Gasteiger charge is -2.12. The summed E-state index contributed by atoms with van der Waals surface area (Å²) in [6.07, 6.45) is 1.44. The van der Waals surface area contributed by atoms with Gasteiger partial charge < -0.3 is 10.4 Å². The van der Waals surface area contributed by atoms with E-state index in [1.807, 2.05) is 37.3 Å². The molecule has 0 heterocycles. The molecule has 1 atom stereocenters. The number of nitrogens with one attached hydrogen (secondary N) is 1. The summed E-state index contributed by atoms with van der Waals surface area (Å²) in [5.74, 6) is -0.985. The van der Waals surface area contributed by atoms with Crippen molar-refractivity contribution in [3.8, 4) is 0 Å². The Hall–Kier alpha value is -1.84. The van der Waals surface area contributed by atoms with Gasteiger partial charge in [-0.15, -0.1) is 0 Å². The molecule has 0 saturated heterocycles. The van der Waals surface area contributed by atoms with Crippen LogP contribution < -0.4 is 5.32 Å². The van der Waals surface area contributed by atoms with Gasteiger partial charge in [0.25, 0.3) is 0 Å². The fourth-order valence-corrected chi connectivity index (χ4v) is 1.66. The van der Waals surface area contributed by atoms with E-state index >= 15 is 0 Å². The minimum atomic E-state index is -0.793. The van der Waals surface area contributed by atoms with Crippen molar-refractivity contribution in [1.82, 2.24) is 5.32 Å². The molecule has 0 fully saturated rings. The van der Waals surface area contributed by atoms with Crippen molar-refractivity contribution in [3.05, 3.63) is 35.9 Å². The summed E-state index contributed by atoms with van der Waals surface area (Å²) in [6.45, 7) is 2.39. The zero-order chi connectivity index (χ0) is 13.4. The average molecular weight is 249 g/mol. The summed E-state index contributed by atoms with van der Waals surface area (Å²) in [5, 5.41) is 11.3. The SMILES string of the molecule is CC(C(=O)NCCCCC(=O)O)c1ccccc1. The molecule has 0 aromatic heterocycles. The summed E-state index contributed by atoms with van der Waals surface area (Å²) in [5.41, 5.74) is 0.987. The molecule has 0 bridgehead atoms. The molecule has 1 rings (SSSR count). The molecule has 0 saturated carbocycles. The Balaban J connectivity index is 2.26. The van der Waals surface area contributed by atoms with Gasteiger partial charge in [-0.3, -0.25) is 9.59 Å². The second kappa shape index (κ2) is 7.48. The monoisotopic (exact) mass is 249 g/mol. The van der Waals surface area contributed by atoms with Crippen LogP contribution in [-0.2, 0) is 9.59 Å². The molecule has 0 aliphatic carbocycles. The summed E-state index contributed by atoms with van der Waals surface area (Å²) in [4.78, 5) is 22.1. The number of benzene rings is 1. The van der Waals surface area contributed by atoms with Crippen LogP contribution in [0, 0.1) is 0 Å². The Labute approximate surface area is 107 Å². The largest absolute Gasteiger partial charge is 0.481 e. The van der Waals surface area contributed by atoms with E-state index in [2.05, 4.69) is 5.32 Å². The Morgan fingerprint density at radius 1 is 1.22 bits per heavy atom. The van der Waals surface area contributed by atoms with Crippen molar-refractivity contribution >= 4 is 11.9 Å². The maximum atomic E-state index is 11.8. The fraction of sp³-hybridized carbons (Fsp3) is 0.429. The molecule has 18 heavy (non-hydrogen) atoms. The highest BCUT2D eigenvalue weighted by molar-refractivity contribution is 5.83. The van der Waals surface area contributed by atoms with Crippen molar-refractivity contribution < 1.29 is 14.7 Å². The molecule has 2 N–H and O–H groups in total. The molecule has 0 radical (unpaired) electrons. The summed E-state index contributed by atoms with van der Waals surface area (Å²) in [7, 11) is 0. The molecule has 4 heteroatoms. The van der Waals surface area contributed by atoms with Crippen LogP contribution in [-0.4, -0.2) is 23.5 Å². The number of hydrogen-bond acceptors (Lipinski definition) is 2. The number of carbonyl (C=O) groups excluding carboxylic acids is 1. The first kappa shape index (κ1) is 14.2. The molecular formula is C14H19NO3. The van der Waals surface area contributed by atoms with E-state index < -0.39 is 5.97 Å². The quantitative estimate of drug-likeness (QED) is 0.728. The molecule has 0 aliphatic rings. The van der Waals surface area contributed by atoms with E-state index in [-0.39, 0.29) is 18.2 Å². The van der Waals surface area contributed by atoms with Crippen molar-refractivity contribution in [2.24, 2.45) is 0 Å². The number of unbranched alkanes of at least 4 members (excludes halogenated alkanes) is 1. The molecule has 0 aliphatic heterocycles. The van der Waals surface area contributed by atoms with Crippen molar-refractivity contribution in [1.29, 1.82) is 0 Å². The van der Waals surface area contributed by atoms with Gasteiger partial charge in [0.2, 0.25) is 5.91 Å². The smallest absolute Gasteiger partial charge is 0.303 e. The van der Waals surface area contributed by atoms with Gasteiger partial charge in [0, 0.05) is 13.0 Å². The molecule has 98 valence electrons. The minimum Gasteiger partial charge on any atom is -0.481 e. The zero-order valence-corrected chi connectivity index (χ0v) is 10.6. The van der Waals surface area contributed by atoms with Gasteiger partial charge in [0.15, 0.2) is 0 Å². The van der Waals surface area contributed by atoms with E-state index in [0.29, 0.717) is 19.4 Å². The van der Waals surface area contributed by atoms with E-state index in [1.165, 1.54) is 0 Å². The van der Waals surface area contributed by atoms with Gasteiger partial charge >= 0.3 is 5.97 Å². The van der Waals surface area contributed by atoms with Gasteiger partial charge in [0.1, 0.15) is 0 Å². The number of carboxylic acid groups (broad SMARTS) is 1. The first-order valence-corrected chi connectivity index (χ1v) is 6.15. The summed E-state index contributed by atoms with van der Waals surface area (Å²) in [6, 6.07) is 9.58. The highest BCUT2D eigenvalue weighted by Gasteiger charge is 2.13. The lowest BCUT2D eigenvalue weighted by molar-refractivity contribution is -0.137. The first-order valence-electron chi connectivity index (χ1n) is 6.15. The third-order valence-electron chi connectivity index (χ3n) is 2.81. The van der Waals surface area contributed by atoms with Crippen LogP contribution in [0.25, 0.3) is 0 Å². The molecule has 1 amide bonds. The molecule has 1 aromatic rings. The number of hydrogen-bond donors (Lipinski definition) is 2. The first-order chi connectivity index (χ1) is 8.61. The Morgan fingerprint density at radius 2 is 1.89 bits per heavy atom. The predicted molar refractivity (Wildman–Crippen MR) is 69.4 cm³/mol. The van der Waals surface area contributed by atoms with E-state index in [4.69, 9.17) is 5.11 Å². The summed E-state index contributed by atoms with van der Waals surface area (Å²) < 4.78 is 0. The second-order valence-corrected chi connectivity index (χ2v) is 4.27. The predicted octanol–water partition coefficient (Wildman–Crippen LogP) is 2.16. The van der Waals surface area contributed by atoms with E-state index in [1.54, 1.807) is 0 Å². The molecule has 4 nitrogen and oxygen atoms in total. The highest BCUT2D eigenvalue weighted by atomic mass is 16.4. The third-order valence-corrected chi connectivity index (χ3v) is 2.81. The van der Waals surface area contributed by atoms with Crippen molar-refractivity contribution in [2.75, 3.05) is 6.54 Å². The third kappa shape index (κ3) is 4.99. The van der Waals surface area contributed by atoms with Gasteiger partial charge in [0.05, 0.1) is 5.92 Å². The van der Waals surface area contributed by atoms with E-state index in [0.717, 1.165) is 5.56 Å². The van der Waals surface area contributed by atoms with Crippen molar-refractivity contribution in [3.63, 3.8) is 0 Å².